The first-order valence-corrected chi connectivity index (χ1v) is 7.17. The number of thioether (sulfide) groups is 1. The van der Waals surface area contributed by atoms with Crippen molar-refractivity contribution in [3.05, 3.63) is 35.9 Å². The Morgan fingerprint density at radius 3 is 3.17 bits per heavy atom. The molecule has 94 valence electrons. The third kappa shape index (κ3) is 1.99. The third-order valence-electron chi connectivity index (χ3n) is 3.34. The molecule has 0 saturated carbocycles. The number of carbonyl (C=O) groups is 1. The normalized spacial score (nSPS) is 19.4. The van der Waals surface area contributed by atoms with Gasteiger partial charge < -0.3 is 5.11 Å². The zero-order valence-electron chi connectivity index (χ0n) is 9.87. The van der Waals surface area contributed by atoms with E-state index in [2.05, 4.69) is 4.98 Å². The van der Waals surface area contributed by atoms with Crippen LogP contribution in [-0.4, -0.2) is 32.0 Å². The summed E-state index contributed by atoms with van der Waals surface area (Å²) in [4.78, 5) is 15.6. The predicted octanol–water partition coefficient (Wildman–Crippen LogP) is 2.33. The van der Waals surface area contributed by atoms with E-state index in [4.69, 9.17) is 0 Å². The van der Waals surface area contributed by atoms with E-state index in [1.54, 1.807) is 22.7 Å². The molecule has 1 aliphatic rings. The van der Waals surface area contributed by atoms with Gasteiger partial charge in [-0.25, -0.2) is 9.78 Å². The number of imidazole rings is 1. The van der Waals surface area contributed by atoms with Crippen LogP contribution in [-0.2, 0) is 6.42 Å². The average Bonchev–Trinajstić information content (AvgIpc) is 2.99. The Morgan fingerprint density at radius 1 is 1.56 bits per heavy atom. The number of pyridine rings is 1. The van der Waals surface area contributed by atoms with Crippen LogP contribution < -0.4 is 0 Å². The number of aromatic carboxylic acids is 1. The van der Waals surface area contributed by atoms with Gasteiger partial charge in [0, 0.05) is 6.42 Å². The van der Waals surface area contributed by atoms with Crippen molar-refractivity contribution < 1.29 is 9.90 Å². The zero-order valence-corrected chi connectivity index (χ0v) is 10.7. The van der Waals surface area contributed by atoms with Crippen LogP contribution in [0.3, 0.4) is 0 Å². The highest BCUT2D eigenvalue weighted by molar-refractivity contribution is 7.99. The van der Waals surface area contributed by atoms with Crippen molar-refractivity contribution in [2.75, 3.05) is 11.5 Å². The highest BCUT2D eigenvalue weighted by Crippen LogP contribution is 2.26. The highest BCUT2D eigenvalue weighted by Gasteiger charge is 2.20. The Morgan fingerprint density at radius 2 is 2.44 bits per heavy atom. The lowest BCUT2D eigenvalue weighted by molar-refractivity contribution is 0.0688. The Kier molecular flexibility index (Phi) is 2.99. The number of carboxylic acid groups (broad SMARTS) is 1. The molecule has 0 radical (unpaired) electrons. The van der Waals surface area contributed by atoms with E-state index >= 15 is 0 Å². The molecule has 0 amide bonds. The number of fused-ring (bicyclic) bond motifs is 1. The fourth-order valence-electron chi connectivity index (χ4n) is 2.43. The third-order valence-corrected chi connectivity index (χ3v) is 4.57. The monoisotopic (exact) mass is 262 g/mol. The highest BCUT2D eigenvalue weighted by atomic mass is 32.2. The summed E-state index contributed by atoms with van der Waals surface area (Å²) in [5, 5.41) is 9.23. The van der Waals surface area contributed by atoms with Gasteiger partial charge in [-0.1, -0.05) is 6.07 Å². The van der Waals surface area contributed by atoms with Crippen molar-refractivity contribution in [2.24, 2.45) is 5.92 Å². The molecule has 2 aromatic rings. The number of aromatic nitrogens is 2. The van der Waals surface area contributed by atoms with Crippen LogP contribution >= 0.6 is 11.8 Å². The fourth-order valence-corrected chi connectivity index (χ4v) is 3.71. The minimum Gasteiger partial charge on any atom is -0.477 e. The number of rotatable bonds is 3. The van der Waals surface area contributed by atoms with Gasteiger partial charge in [0.1, 0.15) is 11.5 Å². The molecule has 0 aromatic carbocycles. The van der Waals surface area contributed by atoms with Crippen molar-refractivity contribution >= 4 is 23.2 Å². The van der Waals surface area contributed by atoms with E-state index in [0.717, 1.165) is 23.5 Å². The second kappa shape index (κ2) is 4.65. The molecular weight excluding hydrogens is 248 g/mol. The van der Waals surface area contributed by atoms with E-state index in [-0.39, 0.29) is 0 Å². The van der Waals surface area contributed by atoms with Gasteiger partial charge in [0.15, 0.2) is 0 Å². The van der Waals surface area contributed by atoms with Crippen molar-refractivity contribution in [1.29, 1.82) is 0 Å². The van der Waals surface area contributed by atoms with Crippen LogP contribution in [0.2, 0.25) is 0 Å². The molecule has 1 atom stereocenters. The number of carboxylic acids is 1. The van der Waals surface area contributed by atoms with E-state index in [1.807, 2.05) is 17.8 Å². The van der Waals surface area contributed by atoms with Crippen molar-refractivity contribution in [3.63, 3.8) is 0 Å². The largest absolute Gasteiger partial charge is 0.477 e. The van der Waals surface area contributed by atoms with Gasteiger partial charge in [-0.15, -0.1) is 0 Å². The first kappa shape index (κ1) is 11.6. The molecule has 1 fully saturated rings. The summed E-state index contributed by atoms with van der Waals surface area (Å²) in [6.45, 7) is 0. The molecule has 0 spiro atoms. The predicted molar refractivity (Wildman–Crippen MR) is 71.3 cm³/mol. The van der Waals surface area contributed by atoms with Crippen LogP contribution in [0.25, 0.3) is 5.52 Å². The summed E-state index contributed by atoms with van der Waals surface area (Å²) in [7, 11) is 0. The summed E-state index contributed by atoms with van der Waals surface area (Å²) in [6.07, 6.45) is 3.82. The standard InChI is InChI=1S/C13H14N2O2S/c16-13(17)11-3-1-2-10-7-14-12(15(10)11)6-9-4-5-18-8-9/h1-3,7,9H,4-6,8H2,(H,16,17). The SMILES string of the molecule is O=C(O)c1cccc2cnc(CC3CCSC3)n12. The molecule has 0 bridgehead atoms. The summed E-state index contributed by atoms with van der Waals surface area (Å²) < 4.78 is 1.77. The summed E-state index contributed by atoms with van der Waals surface area (Å²) in [5.74, 6) is 2.96. The maximum atomic E-state index is 11.2. The topological polar surface area (TPSA) is 54.6 Å². The molecule has 1 unspecified atom stereocenters. The maximum absolute atomic E-state index is 11.2. The van der Waals surface area contributed by atoms with Gasteiger partial charge in [-0.05, 0) is 36.0 Å². The molecule has 0 aliphatic carbocycles. The molecule has 2 aromatic heterocycles. The smallest absolute Gasteiger partial charge is 0.352 e. The second-order valence-corrected chi connectivity index (χ2v) is 5.73. The van der Waals surface area contributed by atoms with E-state index in [9.17, 15) is 9.90 Å². The molecule has 1 saturated heterocycles. The van der Waals surface area contributed by atoms with Crippen molar-refractivity contribution in [1.82, 2.24) is 9.38 Å². The van der Waals surface area contributed by atoms with Crippen LogP contribution in [0.15, 0.2) is 24.4 Å². The molecule has 4 nitrogen and oxygen atoms in total. The van der Waals surface area contributed by atoms with E-state index in [1.165, 1.54) is 12.2 Å². The van der Waals surface area contributed by atoms with Gasteiger partial charge in [0.25, 0.3) is 0 Å². The first-order chi connectivity index (χ1) is 8.75. The molecule has 3 rings (SSSR count). The molecule has 3 heterocycles. The Labute approximate surface area is 109 Å². The van der Waals surface area contributed by atoms with Crippen LogP contribution in [0.5, 0.6) is 0 Å². The molecule has 1 N–H and O–H groups in total. The van der Waals surface area contributed by atoms with E-state index < -0.39 is 5.97 Å². The van der Waals surface area contributed by atoms with Gasteiger partial charge >= 0.3 is 5.97 Å². The quantitative estimate of drug-likeness (QED) is 0.922. The van der Waals surface area contributed by atoms with Gasteiger partial charge in [-0.2, -0.15) is 11.8 Å². The van der Waals surface area contributed by atoms with Crippen LogP contribution in [0.1, 0.15) is 22.7 Å². The molecule has 5 heteroatoms. The minimum absolute atomic E-state index is 0.297. The second-order valence-electron chi connectivity index (χ2n) is 4.58. The average molecular weight is 262 g/mol. The van der Waals surface area contributed by atoms with Crippen molar-refractivity contribution in [3.8, 4) is 0 Å². The summed E-state index contributed by atoms with van der Waals surface area (Å²) in [6, 6.07) is 5.28. The van der Waals surface area contributed by atoms with Gasteiger partial charge in [-0.3, -0.25) is 4.40 Å². The summed E-state index contributed by atoms with van der Waals surface area (Å²) >= 11 is 1.97. The summed E-state index contributed by atoms with van der Waals surface area (Å²) in [5.41, 5.74) is 1.15. The molecular formula is C13H14N2O2S. The molecule has 1 aliphatic heterocycles. The molecule has 18 heavy (non-hydrogen) atoms. The first-order valence-electron chi connectivity index (χ1n) is 6.02. The zero-order chi connectivity index (χ0) is 12.5. The number of hydrogen-bond acceptors (Lipinski definition) is 3. The maximum Gasteiger partial charge on any atom is 0.352 e. The lowest BCUT2D eigenvalue weighted by atomic mass is 10.1. The van der Waals surface area contributed by atoms with Crippen molar-refractivity contribution in [2.45, 2.75) is 12.8 Å². The van der Waals surface area contributed by atoms with Crippen LogP contribution in [0, 0.1) is 5.92 Å². The van der Waals surface area contributed by atoms with Gasteiger partial charge in [0.05, 0.1) is 11.7 Å². The lowest BCUT2D eigenvalue weighted by Crippen LogP contribution is -2.11. The van der Waals surface area contributed by atoms with E-state index in [0.29, 0.717) is 11.6 Å². The van der Waals surface area contributed by atoms with Crippen LogP contribution in [0.4, 0.5) is 0 Å². The lowest BCUT2D eigenvalue weighted by Gasteiger charge is -2.09. The minimum atomic E-state index is -0.902. The fraction of sp³-hybridized carbons (Fsp3) is 0.385. The van der Waals surface area contributed by atoms with Gasteiger partial charge in [0.2, 0.25) is 0 Å². The Hall–Kier alpha value is -1.49. The number of nitrogens with zero attached hydrogens (tertiary/aromatic N) is 2. The number of hydrogen-bond donors (Lipinski definition) is 1. The Bertz CT molecular complexity index is 588. The Balaban J connectivity index is 2.03.